The van der Waals surface area contributed by atoms with E-state index in [0.717, 1.165) is 17.1 Å². The van der Waals surface area contributed by atoms with E-state index in [0.29, 0.717) is 0 Å². The molecule has 0 bridgehead atoms. The molecule has 0 saturated heterocycles. The molecule has 3 heteroatoms. The Morgan fingerprint density at radius 3 is 2.63 bits per heavy atom. The van der Waals surface area contributed by atoms with Crippen LogP contribution < -0.4 is 5.32 Å². The predicted octanol–water partition coefficient (Wildman–Crippen LogP) is 5.82. The van der Waals surface area contributed by atoms with E-state index in [-0.39, 0.29) is 6.04 Å². The molecule has 0 spiro atoms. The fourth-order valence-electron chi connectivity index (χ4n) is 2.03. The van der Waals surface area contributed by atoms with Gasteiger partial charge in [0.15, 0.2) is 0 Å². The fraction of sp³-hybridized carbons (Fsp3) is 0.250. The van der Waals surface area contributed by atoms with Gasteiger partial charge in [-0.05, 0) is 71.3 Å². The molecule has 0 aromatic heterocycles. The minimum Gasteiger partial charge on any atom is -0.378 e. The van der Waals surface area contributed by atoms with E-state index >= 15 is 0 Å². The summed E-state index contributed by atoms with van der Waals surface area (Å²) in [5.41, 5.74) is 3.69. The van der Waals surface area contributed by atoms with E-state index in [1.807, 2.05) is 18.2 Å². The third-order valence-electron chi connectivity index (χ3n) is 3.17. The highest BCUT2D eigenvalue weighted by atomic mass is 127. The highest BCUT2D eigenvalue weighted by Crippen LogP contribution is 2.26. The molecule has 1 N–H and O–H groups in total. The van der Waals surface area contributed by atoms with Crippen LogP contribution in [0, 0.1) is 10.5 Å². The summed E-state index contributed by atoms with van der Waals surface area (Å²) in [6, 6.07) is 14.8. The van der Waals surface area contributed by atoms with Gasteiger partial charge in [0.25, 0.3) is 0 Å². The van der Waals surface area contributed by atoms with Gasteiger partial charge in [-0.15, -0.1) is 0 Å². The molecule has 0 aliphatic heterocycles. The predicted molar refractivity (Wildman–Crippen MR) is 92.0 cm³/mol. The summed E-state index contributed by atoms with van der Waals surface area (Å²) < 4.78 is 1.28. The maximum absolute atomic E-state index is 6.07. The van der Waals surface area contributed by atoms with Crippen LogP contribution in [0.25, 0.3) is 0 Å². The van der Waals surface area contributed by atoms with Crippen molar-refractivity contribution in [3.05, 3.63) is 62.2 Å². The molecule has 1 atom stereocenters. The molecule has 0 radical (unpaired) electrons. The van der Waals surface area contributed by atoms with E-state index in [4.69, 9.17) is 11.6 Å². The van der Waals surface area contributed by atoms with Crippen LogP contribution >= 0.6 is 34.2 Å². The molecular formula is C16H17ClIN. The summed E-state index contributed by atoms with van der Waals surface area (Å²) in [5, 5.41) is 4.36. The topological polar surface area (TPSA) is 12.0 Å². The first-order valence-electron chi connectivity index (χ1n) is 6.38. The Balaban J connectivity index is 2.21. The van der Waals surface area contributed by atoms with Crippen molar-refractivity contribution in [3.63, 3.8) is 0 Å². The Morgan fingerprint density at radius 2 is 2.00 bits per heavy atom. The number of aryl methyl sites for hydroxylation is 1. The van der Waals surface area contributed by atoms with Gasteiger partial charge in [0.05, 0.1) is 6.04 Å². The number of hydrogen-bond donors (Lipinski definition) is 1. The van der Waals surface area contributed by atoms with Crippen molar-refractivity contribution in [3.8, 4) is 0 Å². The van der Waals surface area contributed by atoms with Gasteiger partial charge in [0.2, 0.25) is 0 Å². The van der Waals surface area contributed by atoms with Crippen LogP contribution in [0.15, 0.2) is 42.5 Å². The monoisotopic (exact) mass is 385 g/mol. The van der Waals surface area contributed by atoms with E-state index in [2.05, 4.69) is 66.0 Å². The highest BCUT2D eigenvalue weighted by Gasteiger charge is 2.10. The molecule has 2 rings (SSSR count). The summed E-state index contributed by atoms with van der Waals surface area (Å²) in [7, 11) is 0. The van der Waals surface area contributed by atoms with E-state index < -0.39 is 0 Å². The number of hydrogen-bond acceptors (Lipinski definition) is 1. The smallest absolute Gasteiger partial charge is 0.0511 e. The maximum atomic E-state index is 6.07. The minimum absolute atomic E-state index is 0.289. The minimum atomic E-state index is 0.289. The van der Waals surface area contributed by atoms with Crippen molar-refractivity contribution < 1.29 is 0 Å². The molecule has 0 aliphatic carbocycles. The molecule has 1 nitrogen and oxygen atoms in total. The van der Waals surface area contributed by atoms with Crippen molar-refractivity contribution >= 4 is 39.9 Å². The summed E-state index contributed by atoms with van der Waals surface area (Å²) in [6.07, 6.45) is 1.02. The Labute approximate surface area is 133 Å². The molecule has 1 unspecified atom stereocenters. The van der Waals surface area contributed by atoms with Gasteiger partial charge >= 0.3 is 0 Å². The molecule has 0 fully saturated rings. The van der Waals surface area contributed by atoms with Crippen LogP contribution in [-0.4, -0.2) is 0 Å². The molecule has 19 heavy (non-hydrogen) atoms. The molecule has 100 valence electrons. The summed E-state index contributed by atoms with van der Waals surface area (Å²) >= 11 is 8.43. The summed E-state index contributed by atoms with van der Waals surface area (Å²) in [5.74, 6) is 0. The molecular weight excluding hydrogens is 369 g/mol. The third-order valence-corrected chi connectivity index (χ3v) is 4.57. The Morgan fingerprint density at radius 1 is 1.21 bits per heavy atom. The standard InChI is InChI=1S/C16H17ClIN/c1-3-16(12-5-4-6-13(17)9-12)19-14-8-7-11(2)15(18)10-14/h4-10,16,19H,3H2,1-2H3. The second-order valence-electron chi connectivity index (χ2n) is 4.62. The number of anilines is 1. The number of halogens is 2. The van der Waals surface area contributed by atoms with Crippen molar-refractivity contribution in [2.45, 2.75) is 26.3 Å². The second-order valence-corrected chi connectivity index (χ2v) is 6.22. The van der Waals surface area contributed by atoms with Gasteiger partial charge in [0, 0.05) is 14.3 Å². The Hall–Kier alpha value is -0.740. The van der Waals surface area contributed by atoms with Crippen LogP contribution in [0.2, 0.25) is 5.02 Å². The molecule has 0 amide bonds. The normalized spacial score (nSPS) is 12.2. The molecule has 2 aromatic carbocycles. The fourth-order valence-corrected chi connectivity index (χ4v) is 2.74. The first-order chi connectivity index (χ1) is 9.10. The Kier molecular flexibility index (Phi) is 5.11. The van der Waals surface area contributed by atoms with Gasteiger partial charge in [-0.25, -0.2) is 0 Å². The van der Waals surface area contributed by atoms with Crippen LogP contribution in [0.3, 0.4) is 0 Å². The van der Waals surface area contributed by atoms with Gasteiger partial charge < -0.3 is 5.32 Å². The van der Waals surface area contributed by atoms with E-state index in [1.165, 1.54) is 14.7 Å². The quantitative estimate of drug-likeness (QED) is 0.654. The summed E-state index contributed by atoms with van der Waals surface area (Å²) in [4.78, 5) is 0. The first-order valence-corrected chi connectivity index (χ1v) is 7.84. The molecule has 0 heterocycles. The molecule has 0 aliphatic rings. The lowest BCUT2D eigenvalue weighted by atomic mass is 10.0. The zero-order valence-corrected chi connectivity index (χ0v) is 14.0. The van der Waals surface area contributed by atoms with Gasteiger partial charge in [-0.3, -0.25) is 0 Å². The zero-order valence-electron chi connectivity index (χ0n) is 11.1. The van der Waals surface area contributed by atoms with Crippen molar-refractivity contribution in [2.75, 3.05) is 5.32 Å². The molecule has 0 saturated carbocycles. The Bertz CT molecular complexity index is 568. The average molecular weight is 386 g/mol. The van der Waals surface area contributed by atoms with E-state index in [1.54, 1.807) is 0 Å². The van der Waals surface area contributed by atoms with Crippen molar-refractivity contribution in [1.29, 1.82) is 0 Å². The summed E-state index contributed by atoms with van der Waals surface area (Å²) in [6.45, 7) is 4.30. The maximum Gasteiger partial charge on any atom is 0.0511 e. The highest BCUT2D eigenvalue weighted by molar-refractivity contribution is 14.1. The lowest BCUT2D eigenvalue weighted by Gasteiger charge is -2.19. The van der Waals surface area contributed by atoms with Crippen LogP contribution in [0.4, 0.5) is 5.69 Å². The van der Waals surface area contributed by atoms with Crippen LogP contribution in [0.5, 0.6) is 0 Å². The SMILES string of the molecule is CCC(Nc1ccc(C)c(I)c1)c1cccc(Cl)c1. The largest absolute Gasteiger partial charge is 0.378 e. The third kappa shape index (κ3) is 3.86. The van der Waals surface area contributed by atoms with Gasteiger partial charge in [0.1, 0.15) is 0 Å². The van der Waals surface area contributed by atoms with Crippen molar-refractivity contribution in [1.82, 2.24) is 0 Å². The van der Waals surface area contributed by atoms with Gasteiger partial charge in [-0.1, -0.05) is 36.7 Å². The zero-order chi connectivity index (χ0) is 13.8. The van der Waals surface area contributed by atoms with Crippen LogP contribution in [0.1, 0.15) is 30.5 Å². The van der Waals surface area contributed by atoms with Crippen LogP contribution in [-0.2, 0) is 0 Å². The van der Waals surface area contributed by atoms with Crippen molar-refractivity contribution in [2.24, 2.45) is 0 Å². The number of benzene rings is 2. The number of nitrogens with one attached hydrogen (secondary N) is 1. The molecule has 2 aromatic rings. The van der Waals surface area contributed by atoms with Gasteiger partial charge in [-0.2, -0.15) is 0 Å². The van der Waals surface area contributed by atoms with E-state index in [9.17, 15) is 0 Å². The lowest BCUT2D eigenvalue weighted by Crippen LogP contribution is -2.09. The lowest BCUT2D eigenvalue weighted by molar-refractivity contribution is 0.749. The number of rotatable bonds is 4. The first kappa shape index (κ1) is 14.7. The average Bonchev–Trinajstić information content (AvgIpc) is 2.40. The second kappa shape index (κ2) is 6.62.